The lowest BCUT2D eigenvalue weighted by atomic mass is 10.1. The van der Waals surface area contributed by atoms with E-state index in [9.17, 15) is 4.79 Å². The molecular formula is C21H19N3O5. The van der Waals surface area contributed by atoms with Crippen LogP contribution in [0.25, 0.3) is 11.4 Å². The number of likely N-dealkylation sites (tertiary alicyclic amines) is 1. The van der Waals surface area contributed by atoms with Crippen LogP contribution in [0.4, 0.5) is 0 Å². The summed E-state index contributed by atoms with van der Waals surface area (Å²) in [6.07, 6.45) is 0.345. The van der Waals surface area contributed by atoms with Crippen molar-refractivity contribution in [3.05, 3.63) is 53.9 Å². The predicted molar refractivity (Wildman–Crippen MR) is 102 cm³/mol. The lowest BCUT2D eigenvalue weighted by Gasteiger charge is -2.17. The van der Waals surface area contributed by atoms with Gasteiger partial charge in [-0.1, -0.05) is 23.4 Å². The molecule has 0 spiro atoms. The number of ether oxygens (including phenoxy) is 3. The Morgan fingerprint density at radius 3 is 2.93 bits per heavy atom. The molecule has 148 valence electrons. The predicted octanol–water partition coefficient (Wildman–Crippen LogP) is 2.99. The standard InChI is InChI=1S/C21H19N3O5/c1-26-16-5-3-2-4-14(16)10-24-11-15(9-19(24)25)21-22-20(23-29-21)13-6-7-17-18(8-13)28-12-27-17/h2-8,15H,9-12H2,1H3. The third-order valence-corrected chi connectivity index (χ3v) is 5.19. The van der Waals surface area contributed by atoms with Gasteiger partial charge in [0.1, 0.15) is 5.75 Å². The van der Waals surface area contributed by atoms with Gasteiger partial charge >= 0.3 is 0 Å². The van der Waals surface area contributed by atoms with Gasteiger partial charge < -0.3 is 23.6 Å². The van der Waals surface area contributed by atoms with Crippen LogP contribution in [0.15, 0.2) is 47.0 Å². The fourth-order valence-electron chi connectivity index (χ4n) is 3.68. The molecule has 8 nitrogen and oxygen atoms in total. The third-order valence-electron chi connectivity index (χ3n) is 5.19. The molecule has 0 N–H and O–H groups in total. The molecule has 1 aromatic heterocycles. The molecule has 0 saturated carbocycles. The second-order valence-electron chi connectivity index (χ2n) is 7.01. The Balaban J connectivity index is 1.32. The van der Waals surface area contributed by atoms with E-state index in [2.05, 4.69) is 10.1 Å². The van der Waals surface area contributed by atoms with Gasteiger partial charge in [-0.15, -0.1) is 0 Å². The number of para-hydroxylation sites is 1. The van der Waals surface area contributed by atoms with Gasteiger partial charge in [0.2, 0.25) is 24.4 Å². The quantitative estimate of drug-likeness (QED) is 0.658. The Hall–Kier alpha value is -3.55. The first kappa shape index (κ1) is 17.5. The summed E-state index contributed by atoms with van der Waals surface area (Å²) >= 11 is 0. The molecule has 1 atom stereocenters. The minimum Gasteiger partial charge on any atom is -0.496 e. The van der Waals surface area contributed by atoms with Crippen molar-refractivity contribution in [3.8, 4) is 28.6 Å². The number of hydrogen-bond acceptors (Lipinski definition) is 7. The summed E-state index contributed by atoms with van der Waals surface area (Å²) in [6, 6.07) is 13.2. The lowest BCUT2D eigenvalue weighted by molar-refractivity contribution is -0.128. The molecule has 5 rings (SSSR count). The number of carbonyl (C=O) groups is 1. The second kappa shape index (κ2) is 7.12. The van der Waals surface area contributed by atoms with Crippen molar-refractivity contribution in [2.24, 2.45) is 0 Å². The van der Waals surface area contributed by atoms with Gasteiger partial charge in [-0.3, -0.25) is 4.79 Å². The maximum absolute atomic E-state index is 12.5. The van der Waals surface area contributed by atoms with Crippen molar-refractivity contribution in [2.45, 2.75) is 18.9 Å². The van der Waals surface area contributed by atoms with E-state index >= 15 is 0 Å². The molecule has 2 aromatic carbocycles. The van der Waals surface area contributed by atoms with Gasteiger partial charge in [0.15, 0.2) is 11.5 Å². The molecule has 3 aromatic rings. The highest BCUT2D eigenvalue weighted by atomic mass is 16.7. The normalized spacial score (nSPS) is 17.8. The fraction of sp³-hybridized carbons (Fsp3) is 0.286. The van der Waals surface area contributed by atoms with Crippen molar-refractivity contribution in [3.63, 3.8) is 0 Å². The Morgan fingerprint density at radius 1 is 1.17 bits per heavy atom. The third kappa shape index (κ3) is 3.26. The zero-order chi connectivity index (χ0) is 19.8. The van der Waals surface area contributed by atoms with E-state index in [-0.39, 0.29) is 18.6 Å². The van der Waals surface area contributed by atoms with Crippen LogP contribution in [0.1, 0.15) is 23.8 Å². The number of hydrogen-bond donors (Lipinski definition) is 0. The van der Waals surface area contributed by atoms with Crippen LogP contribution >= 0.6 is 0 Å². The number of aromatic nitrogens is 2. The van der Waals surface area contributed by atoms with Crippen molar-refractivity contribution in [2.75, 3.05) is 20.4 Å². The van der Waals surface area contributed by atoms with E-state index in [0.717, 1.165) is 16.9 Å². The summed E-state index contributed by atoms with van der Waals surface area (Å²) < 4.78 is 21.6. The SMILES string of the molecule is COc1ccccc1CN1CC(c2nc(-c3ccc4c(c3)OCO4)no2)CC1=O. The van der Waals surface area contributed by atoms with E-state index in [1.54, 1.807) is 12.0 Å². The van der Waals surface area contributed by atoms with Gasteiger partial charge in [-0.2, -0.15) is 4.98 Å². The van der Waals surface area contributed by atoms with Crippen LogP contribution in [0.5, 0.6) is 17.2 Å². The van der Waals surface area contributed by atoms with Crippen LogP contribution in [-0.2, 0) is 11.3 Å². The van der Waals surface area contributed by atoms with Crippen LogP contribution in [-0.4, -0.2) is 41.4 Å². The molecule has 1 saturated heterocycles. The molecule has 8 heteroatoms. The van der Waals surface area contributed by atoms with E-state index in [0.29, 0.717) is 42.7 Å². The van der Waals surface area contributed by atoms with Gasteiger partial charge in [0.25, 0.3) is 0 Å². The van der Waals surface area contributed by atoms with E-state index < -0.39 is 0 Å². The van der Waals surface area contributed by atoms with Crippen LogP contribution < -0.4 is 14.2 Å². The average Bonchev–Trinajstić information content (AvgIpc) is 3.48. The number of carbonyl (C=O) groups excluding carboxylic acids is 1. The van der Waals surface area contributed by atoms with Crippen molar-refractivity contribution in [1.29, 1.82) is 0 Å². The van der Waals surface area contributed by atoms with Crippen LogP contribution in [0.2, 0.25) is 0 Å². The first-order chi connectivity index (χ1) is 14.2. The van der Waals surface area contributed by atoms with Crippen molar-refractivity contribution in [1.82, 2.24) is 15.0 Å². The van der Waals surface area contributed by atoms with Crippen LogP contribution in [0, 0.1) is 0 Å². The van der Waals surface area contributed by atoms with E-state index in [1.807, 2.05) is 42.5 Å². The van der Waals surface area contributed by atoms with Gasteiger partial charge in [-0.05, 0) is 24.3 Å². The topological polar surface area (TPSA) is 86.9 Å². The smallest absolute Gasteiger partial charge is 0.232 e. The maximum Gasteiger partial charge on any atom is 0.232 e. The zero-order valence-corrected chi connectivity index (χ0v) is 15.8. The number of methoxy groups -OCH3 is 1. The summed E-state index contributed by atoms with van der Waals surface area (Å²) in [5.74, 6) is 2.99. The number of benzene rings is 2. The second-order valence-corrected chi connectivity index (χ2v) is 7.01. The summed E-state index contributed by atoms with van der Waals surface area (Å²) in [5, 5.41) is 4.09. The van der Waals surface area contributed by atoms with E-state index in [1.165, 1.54) is 0 Å². The van der Waals surface area contributed by atoms with E-state index in [4.69, 9.17) is 18.7 Å². The summed E-state index contributed by atoms with van der Waals surface area (Å²) in [6.45, 7) is 1.23. The molecule has 2 aliphatic heterocycles. The highest BCUT2D eigenvalue weighted by molar-refractivity contribution is 5.79. The Bertz CT molecular complexity index is 1060. The first-order valence-corrected chi connectivity index (χ1v) is 9.34. The number of amides is 1. The first-order valence-electron chi connectivity index (χ1n) is 9.34. The molecule has 1 amide bonds. The molecule has 29 heavy (non-hydrogen) atoms. The number of fused-ring (bicyclic) bond motifs is 1. The highest BCUT2D eigenvalue weighted by Gasteiger charge is 2.34. The molecular weight excluding hydrogens is 374 g/mol. The Morgan fingerprint density at radius 2 is 2.03 bits per heavy atom. The molecule has 2 aliphatic rings. The fourth-order valence-corrected chi connectivity index (χ4v) is 3.68. The Labute approximate surface area is 167 Å². The summed E-state index contributed by atoms with van der Waals surface area (Å²) in [5.41, 5.74) is 1.75. The molecule has 0 radical (unpaired) electrons. The monoisotopic (exact) mass is 393 g/mol. The molecule has 0 bridgehead atoms. The summed E-state index contributed by atoms with van der Waals surface area (Å²) in [4.78, 5) is 18.9. The van der Waals surface area contributed by atoms with Crippen molar-refractivity contribution >= 4 is 5.91 Å². The lowest BCUT2D eigenvalue weighted by Crippen LogP contribution is -2.24. The van der Waals surface area contributed by atoms with Gasteiger partial charge in [0, 0.05) is 30.6 Å². The number of rotatable bonds is 5. The van der Waals surface area contributed by atoms with Gasteiger partial charge in [-0.25, -0.2) is 0 Å². The molecule has 1 unspecified atom stereocenters. The minimum atomic E-state index is -0.132. The average molecular weight is 393 g/mol. The Kier molecular flexibility index (Phi) is 4.31. The van der Waals surface area contributed by atoms with Crippen LogP contribution in [0.3, 0.4) is 0 Å². The highest BCUT2D eigenvalue weighted by Crippen LogP contribution is 2.36. The summed E-state index contributed by atoms with van der Waals surface area (Å²) in [7, 11) is 1.63. The van der Waals surface area contributed by atoms with Gasteiger partial charge in [0.05, 0.1) is 13.0 Å². The molecule has 1 fully saturated rings. The maximum atomic E-state index is 12.5. The minimum absolute atomic E-state index is 0.0590. The largest absolute Gasteiger partial charge is 0.496 e. The molecule has 0 aliphatic carbocycles. The zero-order valence-electron chi connectivity index (χ0n) is 15.8. The van der Waals surface area contributed by atoms with Crippen molar-refractivity contribution < 1.29 is 23.5 Å². The molecule has 3 heterocycles. The number of nitrogens with zero attached hydrogens (tertiary/aromatic N) is 3.